The molecule has 0 aliphatic carbocycles. The van der Waals surface area contributed by atoms with Crippen LogP contribution in [-0.2, 0) is 64.8 Å². The molecule has 0 spiro atoms. The minimum atomic E-state index is -0.163. The van der Waals surface area contributed by atoms with E-state index in [2.05, 4.69) is 92.5 Å². The number of aromatic nitrogens is 13. The number of nitrogens with zero attached hydrogens (tertiary/aromatic N) is 13. The Kier molecular flexibility index (Phi) is 28.7. The number of rotatable bonds is 13. The zero-order valence-electron chi connectivity index (χ0n) is 71.1. The number of aromatic amines is 5. The van der Waals surface area contributed by atoms with Gasteiger partial charge in [-0.15, -0.1) is 0 Å². The van der Waals surface area contributed by atoms with Gasteiger partial charge in [0.25, 0.3) is 0 Å². The minimum Gasteiger partial charge on any atom is -0.497 e. The number of hydrogen-bond donors (Lipinski definition) is 10. The first-order chi connectivity index (χ1) is 63.8. The molecule has 5 aliphatic rings. The minimum absolute atomic E-state index is 0.147. The summed E-state index contributed by atoms with van der Waals surface area (Å²) in [6.07, 6.45) is 12.1. The van der Waals surface area contributed by atoms with Crippen molar-refractivity contribution in [1.82, 2.24) is 90.4 Å². The van der Waals surface area contributed by atoms with Crippen LogP contribution in [0, 0.1) is 0 Å². The van der Waals surface area contributed by atoms with Gasteiger partial charge in [-0.2, -0.15) is 25.5 Å². The van der Waals surface area contributed by atoms with Gasteiger partial charge in [-0.25, -0.2) is 33.9 Å². The van der Waals surface area contributed by atoms with Crippen molar-refractivity contribution in [3.05, 3.63) is 319 Å². The van der Waals surface area contributed by atoms with Crippen LogP contribution in [0.25, 0.3) is 56.3 Å². The Morgan fingerprint density at radius 2 is 0.626 bits per heavy atom. The molecule has 10 N–H and O–H groups in total. The summed E-state index contributed by atoms with van der Waals surface area (Å²) in [6.45, 7) is 5.57. The number of carbonyl (C=O) groups is 5. The lowest BCUT2D eigenvalue weighted by Gasteiger charge is -2.27. The van der Waals surface area contributed by atoms with Gasteiger partial charge in [-0.05, 0) is 152 Å². The fourth-order valence-corrected chi connectivity index (χ4v) is 16.6. The maximum atomic E-state index is 12.7. The van der Waals surface area contributed by atoms with Crippen LogP contribution >= 0.6 is 58.0 Å². The number of nitrogens with one attached hydrogen (secondary N) is 10. The van der Waals surface area contributed by atoms with Gasteiger partial charge in [-0.3, -0.25) is 30.5 Å². The Hall–Kier alpha value is -14.8. The molecule has 8 aromatic carbocycles. The molecule has 0 atom stereocenters. The van der Waals surface area contributed by atoms with Gasteiger partial charge in [0, 0.05) is 227 Å². The molecule has 0 unspecified atom stereocenters. The Morgan fingerprint density at radius 3 is 0.977 bits per heavy atom. The third-order valence-corrected chi connectivity index (χ3v) is 23.5. The van der Waals surface area contributed by atoms with Crippen molar-refractivity contribution in [2.45, 2.75) is 64.8 Å². The van der Waals surface area contributed by atoms with Gasteiger partial charge < -0.3 is 65.3 Å². The Morgan fingerprint density at radius 1 is 0.305 bits per heavy atom. The van der Waals surface area contributed by atoms with Crippen LogP contribution in [-0.4, -0.2) is 175 Å². The van der Waals surface area contributed by atoms with E-state index in [1.165, 1.54) is 6.33 Å². The normalized spacial score (nSPS) is 13.3. The van der Waals surface area contributed by atoms with Crippen LogP contribution in [0.2, 0.25) is 25.1 Å². The van der Waals surface area contributed by atoms with Crippen LogP contribution in [0.1, 0.15) is 56.3 Å². The Labute approximate surface area is 777 Å². The van der Waals surface area contributed by atoms with Crippen molar-refractivity contribution in [3.8, 4) is 73.5 Å². The predicted molar refractivity (Wildman–Crippen MR) is 506 cm³/mol. The lowest BCUT2D eigenvalue weighted by Crippen LogP contribution is -2.38. The van der Waals surface area contributed by atoms with Crippen LogP contribution in [0.5, 0.6) is 17.2 Å². The molecule has 15 aromatic rings. The number of methoxy groups -OCH3 is 3. The van der Waals surface area contributed by atoms with Gasteiger partial charge in [0.2, 0.25) is 0 Å². The maximum Gasteiger partial charge on any atom is 0.322 e. The van der Waals surface area contributed by atoms with Crippen molar-refractivity contribution in [2.24, 2.45) is 0 Å². The van der Waals surface area contributed by atoms with Crippen molar-refractivity contribution in [2.75, 3.05) is 80.6 Å². The van der Waals surface area contributed by atoms with E-state index in [1.54, 1.807) is 137 Å². The van der Waals surface area contributed by atoms with Gasteiger partial charge in [-0.1, -0.05) is 113 Å². The summed E-state index contributed by atoms with van der Waals surface area (Å²) in [7, 11) is 4.92. The first-order valence-electron chi connectivity index (χ1n) is 41.8. The van der Waals surface area contributed by atoms with Gasteiger partial charge in [0.05, 0.1) is 71.1 Å². The molecule has 666 valence electrons. The number of amides is 10. The fraction of sp³-hybridized carbons (Fsp3) is 0.189. The summed E-state index contributed by atoms with van der Waals surface area (Å²) in [5, 5.41) is 55.1. The van der Waals surface area contributed by atoms with Crippen molar-refractivity contribution >= 4 is 117 Å². The molecule has 0 saturated carbocycles. The number of urea groups is 5. The highest BCUT2D eigenvalue weighted by Crippen LogP contribution is 2.38. The monoisotopic (exact) mass is 1850 g/mol. The predicted octanol–water partition coefficient (Wildman–Crippen LogP) is 19.8. The number of fused-ring (bicyclic) bond motifs is 5. The summed E-state index contributed by atoms with van der Waals surface area (Å²) in [6, 6.07) is 62.0. The lowest BCUT2D eigenvalue weighted by atomic mass is 10.0. The number of ether oxygens (including phenoxy) is 3. The molecule has 7 aromatic heterocycles. The average Bonchev–Trinajstić information content (AvgIpc) is 1.67. The van der Waals surface area contributed by atoms with E-state index >= 15 is 0 Å². The molecule has 36 heteroatoms. The molecule has 0 saturated heterocycles. The first-order valence-corrected chi connectivity index (χ1v) is 43.7. The highest BCUT2D eigenvalue weighted by molar-refractivity contribution is 6.32. The zero-order valence-corrected chi connectivity index (χ0v) is 74.9. The quantitative estimate of drug-likeness (QED) is 0.0513. The molecule has 12 heterocycles. The van der Waals surface area contributed by atoms with Crippen LogP contribution < -0.4 is 40.8 Å². The molecule has 0 radical (unpaired) electrons. The number of anilines is 5. The number of para-hydroxylation sites is 1. The van der Waals surface area contributed by atoms with Gasteiger partial charge >= 0.3 is 30.2 Å². The van der Waals surface area contributed by atoms with E-state index in [0.29, 0.717) is 119 Å². The van der Waals surface area contributed by atoms with Crippen LogP contribution in [0.4, 0.5) is 52.4 Å². The summed E-state index contributed by atoms with van der Waals surface area (Å²) >= 11 is 29.9. The van der Waals surface area contributed by atoms with Crippen LogP contribution in [0.15, 0.2) is 237 Å². The highest BCUT2D eigenvalue weighted by Gasteiger charge is 2.33. The van der Waals surface area contributed by atoms with E-state index in [0.717, 1.165) is 162 Å². The molecule has 131 heavy (non-hydrogen) atoms. The summed E-state index contributed by atoms with van der Waals surface area (Å²) in [4.78, 5) is 84.3. The first kappa shape index (κ1) is 89.6. The lowest BCUT2D eigenvalue weighted by molar-refractivity contribution is 0.205. The number of H-pyrrole nitrogens is 5. The second-order valence-electron chi connectivity index (χ2n) is 30.7. The van der Waals surface area contributed by atoms with E-state index in [4.69, 9.17) is 72.2 Å². The third kappa shape index (κ3) is 22.2. The molecule has 20 rings (SSSR count). The number of pyridine rings is 1. The number of carbonyl (C=O) groups excluding carboxylic acids is 5. The smallest absolute Gasteiger partial charge is 0.322 e. The molecular weight excluding hydrogens is 1770 g/mol. The molecule has 0 bridgehead atoms. The SMILES string of the molecule is COc1ccc(-c2n[nH]c3c2CN(C(=O)Nc2cccc(Cl)c2)CC3)cc1.COc1cccc(-c2n[nH]c3c2CN(C(=O)Nc2cccc(Cl)c2)CC3)c1.COc1ccccc1-c1n[nH]c2c1CN(C(=O)Nc1cccc(Cl)c1)CC2.O=C(Nc1cccc(Cl)c1)N1CCc2[nH]nc(-c3cccnc3)c2C1.O=C(Nc1cccc(Cl)c1)N1CCc2[nH]nc(-c3cncnc3)c2C1. The topological polar surface area (TPSA) is 371 Å². The standard InChI is InChI=1S/3C20H19ClN4O2.C18H16ClN5O.C17H15ClN6O/c1-27-16-7-2-4-13(10-16)19-17-12-25(9-8-18(17)23-24-19)20(26)22-15-6-3-5-14(21)11-15;1-27-18-8-3-2-7-15(18)19-16-12-25(10-9-17(16)23-24-19)20(26)22-14-6-4-5-13(21)11-14;1-27-16-7-5-13(6-8-16)19-17-12-25(10-9-18(17)23-24-19)20(26)22-15-4-2-3-14(21)11-15;19-13-4-1-5-14(9-13)21-18(25)24-8-6-16-15(11-24)17(23-22-16)12-3-2-7-20-10-12;18-12-2-1-3-13(6-12)21-17(25)24-5-4-15-14(9-24)16(23-22-15)11-7-19-10-20-8-11/h2-7,10-11H,8-9,12H2,1H3,(H,22,26)(H,23,24);2*2-8,11H,9-10,12H2,1H3,(H,22,26)(H,23,24);1-5,7,9-10H,6,8,11H2,(H,21,25)(H,22,23);1-3,6-8,10H,4-5,9H2,(H,21,25)(H,22,23). The molecule has 5 aliphatic heterocycles. The van der Waals surface area contributed by atoms with Crippen molar-refractivity contribution in [3.63, 3.8) is 0 Å². The van der Waals surface area contributed by atoms with Crippen molar-refractivity contribution < 1.29 is 38.2 Å². The molecule has 31 nitrogen and oxygen atoms in total. The van der Waals surface area contributed by atoms with E-state index in [9.17, 15) is 24.0 Å². The van der Waals surface area contributed by atoms with Gasteiger partial charge in [0.15, 0.2) is 0 Å². The summed E-state index contributed by atoms with van der Waals surface area (Å²) in [5.41, 5.74) is 22.7. The Bertz CT molecular complexity index is 6420. The van der Waals surface area contributed by atoms with E-state index in [-0.39, 0.29) is 30.2 Å². The second-order valence-corrected chi connectivity index (χ2v) is 32.9. The molecule has 10 amide bonds. The number of hydrogen-bond acceptors (Lipinski definition) is 16. The number of benzene rings is 8. The Balaban J connectivity index is 0.000000120. The third-order valence-electron chi connectivity index (χ3n) is 22.3. The summed E-state index contributed by atoms with van der Waals surface area (Å²) in [5.74, 6) is 2.33. The van der Waals surface area contributed by atoms with E-state index in [1.807, 2.05) is 140 Å². The highest BCUT2D eigenvalue weighted by atomic mass is 35.5. The van der Waals surface area contributed by atoms with Crippen molar-refractivity contribution in [1.29, 1.82) is 0 Å². The van der Waals surface area contributed by atoms with Crippen LogP contribution in [0.3, 0.4) is 0 Å². The largest absolute Gasteiger partial charge is 0.497 e. The maximum absolute atomic E-state index is 12.7. The van der Waals surface area contributed by atoms with Gasteiger partial charge in [0.1, 0.15) is 35.0 Å². The summed E-state index contributed by atoms with van der Waals surface area (Å²) < 4.78 is 16.0. The second kappa shape index (κ2) is 42.0. The number of halogens is 5. The molecular formula is C95H88Cl5N23O8. The fourth-order valence-electron chi connectivity index (χ4n) is 15.6. The molecule has 0 fully saturated rings. The van der Waals surface area contributed by atoms with E-state index < -0.39 is 0 Å². The average molecular weight is 1860 g/mol. The zero-order chi connectivity index (χ0) is 90.9.